The second-order valence-corrected chi connectivity index (χ2v) is 6.15. The fourth-order valence-corrected chi connectivity index (χ4v) is 3.02. The molecule has 0 aromatic heterocycles. The normalized spacial score (nSPS) is 21.4. The lowest BCUT2D eigenvalue weighted by atomic mass is 10.0. The van der Waals surface area contributed by atoms with Gasteiger partial charge in [-0.2, -0.15) is 0 Å². The van der Waals surface area contributed by atoms with E-state index in [0.717, 1.165) is 26.1 Å². The van der Waals surface area contributed by atoms with Crippen LogP contribution in [0, 0.1) is 6.92 Å². The smallest absolute Gasteiger partial charge is 0.0702 e. The van der Waals surface area contributed by atoms with Gasteiger partial charge in [0.2, 0.25) is 0 Å². The molecule has 21 heavy (non-hydrogen) atoms. The molecule has 0 bridgehead atoms. The van der Waals surface area contributed by atoms with E-state index in [9.17, 15) is 0 Å². The Hall–Kier alpha value is -0.900. The number of piperidine rings is 1. The summed E-state index contributed by atoms with van der Waals surface area (Å²) < 4.78 is 5.94. The lowest BCUT2D eigenvalue weighted by Crippen LogP contribution is -2.43. The van der Waals surface area contributed by atoms with E-state index in [1.165, 1.54) is 30.5 Å². The number of benzene rings is 1. The SMILES string of the molecule is CCCOC1CCCN(CC(NC)c2ccc(C)cc2)C1. The third-order valence-corrected chi connectivity index (χ3v) is 4.29. The number of likely N-dealkylation sites (N-methyl/N-ethyl adjacent to an activating group) is 1. The zero-order valence-electron chi connectivity index (χ0n) is 13.8. The molecule has 0 radical (unpaired) electrons. The maximum Gasteiger partial charge on any atom is 0.0702 e. The van der Waals surface area contributed by atoms with E-state index < -0.39 is 0 Å². The molecule has 0 aliphatic carbocycles. The Labute approximate surface area is 129 Å². The minimum absolute atomic E-state index is 0.399. The van der Waals surface area contributed by atoms with Gasteiger partial charge in [-0.1, -0.05) is 36.8 Å². The van der Waals surface area contributed by atoms with Gasteiger partial charge in [0.05, 0.1) is 6.10 Å². The van der Waals surface area contributed by atoms with Gasteiger partial charge in [-0.15, -0.1) is 0 Å². The zero-order valence-corrected chi connectivity index (χ0v) is 13.8. The van der Waals surface area contributed by atoms with Gasteiger partial charge >= 0.3 is 0 Å². The van der Waals surface area contributed by atoms with Crippen molar-refractivity contribution in [2.45, 2.75) is 45.3 Å². The van der Waals surface area contributed by atoms with Gasteiger partial charge in [0.25, 0.3) is 0 Å². The number of hydrogen-bond donors (Lipinski definition) is 1. The van der Waals surface area contributed by atoms with E-state index in [1.54, 1.807) is 0 Å². The summed E-state index contributed by atoms with van der Waals surface area (Å²) in [5.74, 6) is 0. The van der Waals surface area contributed by atoms with E-state index in [2.05, 4.69) is 55.4 Å². The Morgan fingerprint density at radius 2 is 2.10 bits per heavy atom. The third kappa shape index (κ3) is 5.10. The van der Waals surface area contributed by atoms with Crippen LogP contribution in [0.4, 0.5) is 0 Å². The summed E-state index contributed by atoms with van der Waals surface area (Å²) in [6.07, 6.45) is 4.00. The van der Waals surface area contributed by atoms with E-state index in [0.29, 0.717) is 12.1 Å². The molecule has 2 rings (SSSR count). The van der Waals surface area contributed by atoms with Gasteiger partial charge in [0, 0.05) is 25.7 Å². The van der Waals surface area contributed by atoms with Gasteiger partial charge in [0.15, 0.2) is 0 Å². The van der Waals surface area contributed by atoms with Crippen molar-refractivity contribution >= 4 is 0 Å². The van der Waals surface area contributed by atoms with Crippen molar-refractivity contribution in [3.05, 3.63) is 35.4 Å². The quantitative estimate of drug-likeness (QED) is 0.835. The summed E-state index contributed by atoms with van der Waals surface area (Å²) in [5, 5.41) is 3.46. The van der Waals surface area contributed by atoms with Gasteiger partial charge in [0.1, 0.15) is 0 Å². The lowest BCUT2D eigenvalue weighted by Gasteiger charge is -2.35. The van der Waals surface area contributed by atoms with Crippen LogP contribution in [0.2, 0.25) is 0 Å². The number of nitrogens with one attached hydrogen (secondary N) is 1. The van der Waals surface area contributed by atoms with E-state index in [1.807, 2.05) is 0 Å². The Bertz CT molecular complexity index is 404. The van der Waals surface area contributed by atoms with Crippen LogP contribution in [0.5, 0.6) is 0 Å². The summed E-state index contributed by atoms with van der Waals surface area (Å²) in [6, 6.07) is 9.28. The molecular weight excluding hydrogens is 260 g/mol. The van der Waals surface area contributed by atoms with E-state index in [4.69, 9.17) is 4.74 Å². The first-order valence-electron chi connectivity index (χ1n) is 8.30. The van der Waals surface area contributed by atoms with Crippen molar-refractivity contribution in [2.75, 3.05) is 33.3 Å². The minimum Gasteiger partial charge on any atom is -0.377 e. The molecule has 0 spiro atoms. The third-order valence-electron chi connectivity index (χ3n) is 4.29. The van der Waals surface area contributed by atoms with Crippen LogP contribution >= 0.6 is 0 Å². The van der Waals surface area contributed by atoms with Crippen LogP contribution in [0.1, 0.15) is 43.4 Å². The summed E-state index contributed by atoms with van der Waals surface area (Å²) in [4.78, 5) is 2.55. The van der Waals surface area contributed by atoms with Crippen molar-refractivity contribution < 1.29 is 4.74 Å². The molecule has 0 amide bonds. The van der Waals surface area contributed by atoms with Crippen LogP contribution in [0.25, 0.3) is 0 Å². The van der Waals surface area contributed by atoms with Crippen LogP contribution in [0.3, 0.4) is 0 Å². The fraction of sp³-hybridized carbons (Fsp3) is 0.667. The number of rotatable bonds is 7. The first-order valence-corrected chi connectivity index (χ1v) is 8.30. The van der Waals surface area contributed by atoms with Crippen LogP contribution in [-0.4, -0.2) is 44.3 Å². The standard InChI is InChI=1S/C18H30N2O/c1-4-12-21-17-6-5-11-20(13-17)14-18(19-3)16-9-7-15(2)8-10-16/h7-10,17-19H,4-6,11-14H2,1-3H3. The Kier molecular flexibility index (Phi) is 6.68. The minimum atomic E-state index is 0.399. The first-order chi connectivity index (χ1) is 10.2. The van der Waals surface area contributed by atoms with Gasteiger partial charge in [-0.3, -0.25) is 4.90 Å². The molecule has 1 N–H and O–H groups in total. The summed E-state index contributed by atoms with van der Waals surface area (Å²) in [6.45, 7) is 8.53. The Balaban J connectivity index is 1.90. The number of nitrogens with zero attached hydrogens (tertiary/aromatic N) is 1. The predicted octanol–water partition coefficient (Wildman–Crippen LogP) is 3.15. The molecule has 1 aromatic carbocycles. The Morgan fingerprint density at radius 3 is 2.76 bits per heavy atom. The van der Waals surface area contributed by atoms with Crippen LogP contribution < -0.4 is 5.32 Å². The topological polar surface area (TPSA) is 24.5 Å². The van der Waals surface area contributed by atoms with Crippen molar-refractivity contribution in [1.29, 1.82) is 0 Å². The van der Waals surface area contributed by atoms with Crippen molar-refractivity contribution in [3.8, 4) is 0 Å². The van der Waals surface area contributed by atoms with Crippen molar-refractivity contribution in [2.24, 2.45) is 0 Å². The summed E-state index contributed by atoms with van der Waals surface area (Å²) >= 11 is 0. The molecule has 0 saturated carbocycles. The molecule has 1 fully saturated rings. The highest BCUT2D eigenvalue weighted by atomic mass is 16.5. The molecule has 2 atom stereocenters. The molecule has 118 valence electrons. The zero-order chi connectivity index (χ0) is 15.1. The largest absolute Gasteiger partial charge is 0.377 e. The molecule has 3 nitrogen and oxygen atoms in total. The summed E-state index contributed by atoms with van der Waals surface area (Å²) in [5.41, 5.74) is 2.69. The number of ether oxygens (including phenoxy) is 1. The fourth-order valence-electron chi connectivity index (χ4n) is 3.02. The first kappa shape index (κ1) is 16.5. The maximum atomic E-state index is 5.94. The van der Waals surface area contributed by atoms with Gasteiger partial charge in [-0.05, 0) is 45.3 Å². The van der Waals surface area contributed by atoms with Crippen molar-refractivity contribution in [3.63, 3.8) is 0 Å². The summed E-state index contributed by atoms with van der Waals surface area (Å²) in [7, 11) is 2.06. The monoisotopic (exact) mass is 290 g/mol. The molecule has 1 heterocycles. The molecule has 1 aliphatic heterocycles. The van der Waals surface area contributed by atoms with Crippen LogP contribution in [-0.2, 0) is 4.74 Å². The second kappa shape index (κ2) is 8.52. The molecule has 1 aliphatic rings. The van der Waals surface area contributed by atoms with Gasteiger partial charge in [-0.25, -0.2) is 0 Å². The predicted molar refractivity (Wildman–Crippen MR) is 88.7 cm³/mol. The average molecular weight is 290 g/mol. The average Bonchev–Trinajstić information content (AvgIpc) is 2.52. The van der Waals surface area contributed by atoms with E-state index in [-0.39, 0.29) is 0 Å². The molecule has 1 saturated heterocycles. The second-order valence-electron chi connectivity index (χ2n) is 6.15. The number of likely N-dealkylation sites (tertiary alicyclic amines) is 1. The highest BCUT2D eigenvalue weighted by Crippen LogP contribution is 2.19. The molecular formula is C18H30N2O. The van der Waals surface area contributed by atoms with Gasteiger partial charge < -0.3 is 10.1 Å². The number of aryl methyl sites for hydroxylation is 1. The molecule has 3 heteroatoms. The van der Waals surface area contributed by atoms with Crippen molar-refractivity contribution in [1.82, 2.24) is 10.2 Å². The maximum absolute atomic E-state index is 5.94. The van der Waals surface area contributed by atoms with Crippen LogP contribution in [0.15, 0.2) is 24.3 Å². The Morgan fingerprint density at radius 1 is 1.33 bits per heavy atom. The molecule has 1 aromatic rings. The lowest BCUT2D eigenvalue weighted by molar-refractivity contribution is -0.00213. The number of hydrogen-bond acceptors (Lipinski definition) is 3. The van der Waals surface area contributed by atoms with E-state index >= 15 is 0 Å². The highest BCUT2D eigenvalue weighted by molar-refractivity contribution is 5.24. The highest BCUT2D eigenvalue weighted by Gasteiger charge is 2.22. The molecule has 2 unspecified atom stereocenters.